The third-order valence-corrected chi connectivity index (χ3v) is 3.49. The number of ether oxygens (including phenoxy) is 1. The first-order valence-electron chi connectivity index (χ1n) is 7.55. The van der Waals surface area contributed by atoms with Crippen molar-refractivity contribution in [3.63, 3.8) is 0 Å². The van der Waals surface area contributed by atoms with Crippen LogP contribution >= 0.6 is 0 Å². The van der Waals surface area contributed by atoms with Gasteiger partial charge < -0.3 is 15.0 Å². The van der Waals surface area contributed by atoms with E-state index in [1.165, 1.54) is 0 Å². The molecular weight excluding hydrogens is 262 g/mol. The maximum Gasteiger partial charge on any atom is 0.101 e. The van der Waals surface area contributed by atoms with Crippen LogP contribution in [0.1, 0.15) is 38.8 Å². The Morgan fingerprint density at radius 1 is 1.33 bits per heavy atom. The van der Waals surface area contributed by atoms with Crippen LogP contribution in [0.3, 0.4) is 0 Å². The fraction of sp³-hybridized carbons (Fsp3) is 0.588. The zero-order valence-corrected chi connectivity index (χ0v) is 13.8. The molecule has 1 aromatic rings. The molecule has 0 aliphatic rings. The van der Waals surface area contributed by atoms with Gasteiger partial charge in [0.05, 0.1) is 17.9 Å². The number of hydrogen-bond acceptors (Lipinski definition) is 4. The van der Waals surface area contributed by atoms with Crippen molar-refractivity contribution in [3.05, 3.63) is 29.3 Å². The molecule has 0 spiro atoms. The van der Waals surface area contributed by atoms with Gasteiger partial charge in [-0.1, -0.05) is 19.9 Å². The van der Waals surface area contributed by atoms with Crippen LogP contribution in [0.5, 0.6) is 0 Å². The van der Waals surface area contributed by atoms with Gasteiger partial charge in [0.25, 0.3) is 0 Å². The maximum absolute atomic E-state index is 9.45. The summed E-state index contributed by atoms with van der Waals surface area (Å²) in [7, 11) is 1.70. The summed E-state index contributed by atoms with van der Waals surface area (Å²) in [4.78, 5) is 2.21. The Balaban J connectivity index is 2.99. The van der Waals surface area contributed by atoms with E-state index < -0.39 is 0 Å². The molecule has 0 aliphatic carbocycles. The fourth-order valence-corrected chi connectivity index (χ4v) is 2.41. The average Bonchev–Trinajstić information content (AvgIpc) is 2.46. The van der Waals surface area contributed by atoms with Gasteiger partial charge in [0.1, 0.15) is 6.07 Å². The van der Waals surface area contributed by atoms with Crippen LogP contribution in [0.15, 0.2) is 18.2 Å². The highest BCUT2D eigenvalue weighted by Gasteiger charge is 2.16. The first-order chi connectivity index (χ1) is 10.0. The lowest BCUT2D eigenvalue weighted by Crippen LogP contribution is -2.36. The molecule has 4 nitrogen and oxygen atoms in total. The molecule has 0 saturated heterocycles. The van der Waals surface area contributed by atoms with Gasteiger partial charge in [-0.25, -0.2) is 0 Å². The molecule has 1 atom stereocenters. The van der Waals surface area contributed by atoms with E-state index in [4.69, 9.17) is 4.74 Å². The summed E-state index contributed by atoms with van der Waals surface area (Å²) in [5.41, 5.74) is 2.85. The van der Waals surface area contributed by atoms with Gasteiger partial charge in [0, 0.05) is 32.3 Å². The van der Waals surface area contributed by atoms with Crippen molar-refractivity contribution in [3.8, 4) is 6.07 Å². The minimum Gasteiger partial charge on any atom is -0.383 e. The van der Waals surface area contributed by atoms with Crippen LogP contribution < -0.4 is 10.2 Å². The van der Waals surface area contributed by atoms with Gasteiger partial charge in [-0.05, 0) is 31.5 Å². The minimum absolute atomic E-state index is 0.242. The van der Waals surface area contributed by atoms with E-state index in [9.17, 15) is 5.26 Å². The molecular formula is C17H27N3O. The predicted octanol–water partition coefficient (Wildman–Crippen LogP) is 2.92. The average molecular weight is 289 g/mol. The van der Waals surface area contributed by atoms with Gasteiger partial charge in [0.15, 0.2) is 0 Å². The molecule has 1 unspecified atom stereocenters. The summed E-state index contributed by atoms with van der Waals surface area (Å²) in [5, 5.41) is 12.8. The largest absolute Gasteiger partial charge is 0.383 e. The summed E-state index contributed by atoms with van der Waals surface area (Å²) in [6.45, 7) is 10.7. The van der Waals surface area contributed by atoms with Gasteiger partial charge in [-0.15, -0.1) is 0 Å². The van der Waals surface area contributed by atoms with Crippen molar-refractivity contribution in [1.82, 2.24) is 5.32 Å². The van der Waals surface area contributed by atoms with Crippen molar-refractivity contribution in [2.75, 3.05) is 25.2 Å². The van der Waals surface area contributed by atoms with E-state index in [2.05, 4.69) is 50.0 Å². The number of nitriles is 1. The molecule has 1 aromatic carbocycles. The van der Waals surface area contributed by atoms with Crippen molar-refractivity contribution in [2.24, 2.45) is 0 Å². The van der Waals surface area contributed by atoms with E-state index in [-0.39, 0.29) is 6.04 Å². The number of hydrogen-bond donors (Lipinski definition) is 1. The zero-order valence-electron chi connectivity index (χ0n) is 13.8. The fourth-order valence-electron chi connectivity index (χ4n) is 2.41. The third kappa shape index (κ3) is 5.04. The summed E-state index contributed by atoms with van der Waals surface area (Å²) in [6.07, 6.45) is 0. The Morgan fingerprint density at radius 2 is 2.05 bits per heavy atom. The molecule has 0 radical (unpaired) electrons. The lowest BCUT2D eigenvalue weighted by Gasteiger charge is -2.30. The monoisotopic (exact) mass is 289 g/mol. The predicted molar refractivity (Wildman–Crippen MR) is 87.5 cm³/mol. The highest BCUT2D eigenvalue weighted by atomic mass is 16.5. The first-order valence-corrected chi connectivity index (χ1v) is 7.55. The first kappa shape index (κ1) is 17.5. The van der Waals surface area contributed by atoms with E-state index >= 15 is 0 Å². The molecule has 0 aromatic heterocycles. The van der Waals surface area contributed by atoms with Gasteiger partial charge in [0.2, 0.25) is 0 Å². The summed E-state index contributed by atoms with van der Waals surface area (Å²) in [6, 6.07) is 9.12. The highest BCUT2D eigenvalue weighted by Crippen LogP contribution is 2.23. The van der Waals surface area contributed by atoms with Crippen LogP contribution in [0, 0.1) is 11.3 Å². The molecule has 1 rings (SSSR count). The van der Waals surface area contributed by atoms with Crippen LogP contribution in [-0.2, 0) is 11.3 Å². The maximum atomic E-state index is 9.45. The Hall–Kier alpha value is -1.57. The zero-order chi connectivity index (χ0) is 15.8. The van der Waals surface area contributed by atoms with Crippen molar-refractivity contribution in [2.45, 2.75) is 46.3 Å². The number of rotatable bonds is 8. The number of nitrogens with one attached hydrogen (secondary N) is 1. The Kier molecular flexibility index (Phi) is 7.21. The second-order valence-corrected chi connectivity index (χ2v) is 5.59. The molecule has 0 fully saturated rings. The van der Waals surface area contributed by atoms with Gasteiger partial charge >= 0.3 is 0 Å². The summed E-state index contributed by atoms with van der Waals surface area (Å²) in [5.74, 6) is 0. The van der Waals surface area contributed by atoms with E-state index in [0.29, 0.717) is 12.6 Å². The Labute approximate surface area is 128 Å². The molecule has 0 heterocycles. The lowest BCUT2D eigenvalue weighted by molar-refractivity contribution is 0.182. The van der Waals surface area contributed by atoms with E-state index in [0.717, 1.165) is 29.9 Å². The van der Waals surface area contributed by atoms with Crippen LogP contribution in [0.2, 0.25) is 0 Å². The lowest BCUT2D eigenvalue weighted by atomic mass is 10.1. The number of nitrogens with zero attached hydrogens (tertiary/aromatic N) is 2. The van der Waals surface area contributed by atoms with Crippen LogP contribution in [0.25, 0.3) is 0 Å². The molecule has 0 bridgehead atoms. The molecule has 21 heavy (non-hydrogen) atoms. The molecule has 0 amide bonds. The Morgan fingerprint density at radius 3 is 2.57 bits per heavy atom. The molecule has 0 aliphatic heterocycles. The second kappa shape index (κ2) is 8.66. The van der Waals surface area contributed by atoms with Gasteiger partial charge in [-0.3, -0.25) is 0 Å². The number of likely N-dealkylation sites (N-methyl/N-ethyl adjacent to an activating group) is 1. The third-order valence-electron chi connectivity index (χ3n) is 3.49. The highest BCUT2D eigenvalue weighted by molar-refractivity contribution is 5.61. The number of methoxy groups -OCH3 is 1. The van der Waals surface area contributed by atoms with Crippen LogP contribution in [0.4, 0.5) is 5.69 Å². The Bertz CT molecular complexity index is 479. The second-order valence-electron chi connectivity index (χ2n) is 5.59. The van der Waals surface area contributed by atoms with E-state index in [1.807, 2.05) is 12.1 Å². The topological polar surface area (TPSA) is 48.3 Å². The molecule has 0 saturated carbocycles. The van der Waals surface area contributed by atoms with Gasteiger partial charge in [-0.2, -0.15) is 5.26 Å². The molecule has 1 N–H and O–H groups in total. The normalized spacial score (nSPS) is 12.2. The quantitative estimate of drug-likeness (QED) is 0.799. The number of benzene rings is 1. The minimum atomic E-state index is 0.242. The van der Waals surface area contributed by atoms with Crippen molar-refractivity contribution < 1.29 is 4.74 Å². The number of anilines is 1. The molecule has 116 valence electrons. The van der Waals surface area contributed by atoms with Crippen molar-refractivity contribution in [1.29, 1.82) is 5.26 Å². The standard InChI is InChI=1S/C17H27N3O/c1-6-20(14(4)12-21-5)17-8-7-15(9-16(17)10-18)11-19-13(2)3/h7-9,13-14,19H,6,11-12H2,1-5H3. The van der Waals surface area contributed by atoms with Crippen LogP contribution in [-0.4, -0.2) is 32.3 Å². The SMILES string of the molecule is CCN(c1ccc(CNC(C)C)cc1C#N)C(C)COC. The smallest absolute Gasteiger partial charge is 0.101 e. The van der Waals surface area contributed by atoms with E-state index in [1.54, 1.807) is 7.11 Å². The molecule has 4 heteroatoms. The van der Waals surface area contributed by atoms with Crippen molar-refractivity contribution >= 4 is 5.69 Å². The summed E-state index contributed by atoms with van der Waals surface area (Å²) < 4.78 is 5.24. The summed E-state index contributed by atoms with van der Waals surface area (Å²) >= 11 is 0.